The predicted molar refractivity (Wildman–Crippen MR) is 119 cm³/mol. The zero-order valence-corrected chi connectivity index (χ0v) is 19.1. The summed E-state index contributed by atoms with van der Waals surface area (Å²) in [6.07, 6.45) is 0.661. The number of hydrogen-bond acceptors (Lipinski definition) is 6. The first kappa shape index (κ1) is 22.5. The molecule has 0 fully saturated rings. The molecule has 178 valence electrons. The molecule has 3 aromatic rings. The molecule has 0 spiro atoms. The number of fused-ring (bicyclic) bond motifs is 2. The molecule has 1 aromatic heterocycles. The monoisotopic (exact) mass is 489 g/mol. The lowest BCUT2D eigenvalue weighted by atomic mass is 10.1. The van der Waals surface area contributed by atoms with E-state index in [1.165, 1.54) is 0 Å². The molecule has 3 heterocycles. The SMILES string of the molecule is C[C@H](NC(=O)c1cc(F)ccc1F)c1nnc2n1CCN(Cc1cc3c(cc1Cl)OCO3)CC2. The van der Waals surface area contributed by atoms with Crippen molar-refractivity contribution < 1.29 is 23.0 Å². The fraction of sp³-hybridized carbons (Fsp3) is 0.348. The summed E-state index contributed by atoms with van der Waals surface area (Å²) in [5, 5.41) is 11.9. The van der Waals surface area contributed by atoms with Gasteiger partial charge in [0.25, 0.3) is 5.91 Å². The third-order valence-corrected chi connectivity index (χ3v) is 6.34. The normalized spacial score (nSPS) is 16.1. The lowest BCUT2D eigenvalue weighted by Gasteiger charge is -2.21. The van der Waals surface area contributed by atoms with Gasteiger partial charge in [-0.25, -0.2) is 8.78 Å². The van der Waals surface area contributed by atoms with E-state index in [4.69, 9.17) is 21.1 Å². The molecule has 0 bridgehead atoms. The maximum Gasteiger partial charge on any atom is 0.254 e. The van der Waals surface area contributed by atoms with Crippen LogP contribution in [0.25, 0.3) is 0 Å². The number of carbonyl (C=O) groups excluding carboxylic acids is 1. The molecule has 1 N–H and O–H groups in total. The van der Waals surface area contributed by atoms with Crippen LogP contribution >= 0.6 is 11.6 Å². The van der Waals surface area contributed by atoms with Crippen LogP contribution in [0, 0.1) is 11.6 Å². The molecule has 2 aliphatic rings. The van der Waals surface area contributed by atoms with E-state index >= 15 is 0 Å². The van der Waals surface area contributed by atoms with Crippen LogP contribution in [0.15, 0.2) is 30.3 Å². The average Bonchev–Trinajstić information content (AvgIpc) is 3.38. The van der Waals surface area contributed by atoms with Gasteiger partial charge in [0.05, 0.1) is 11.6 Å². The zero-order chi connectivity index (χ0) is 23.8. The molecule has 2 aliphatic heterocycles. The number of amides is 1. The third kappa shape index (κ3) is 4.43. The van der Waals surface area contributed by atoms with Crippen molar-refractivity contribution in [3.8, 4) is 11.5 Å². The molecule has 8 nitrogen and oxygen atoms in total. The highest BCUT2D eigenvalue weighted by Crippen LogP contribution is 2.37. The highest BCUT2D eigenvalue weighted by atomic mass is 35.5. The van der Waals surface area contributed by atoms with Crippen LogP contribution in [0.1, 0.15) is 40.5 Å². The van der Waals surface area contributed by atoms with E-state index in [2.05, 4.69) is 20.4 Å². The molecule has 1 amide bonds. The number of rotatable bonds is 5. The van der Waals surface area contributed by atoms with Crippen LogP contribution in [0.2, 0.25) is 5.02 Å². The number of nitrogens with zero attached hydrogens (tertiary/aromatic N) is 4. The number of carbonyl (C=O) groups is 1. The van der Waals surface area contributed by atoms with E-state index < -0.39 is 23.6 Å². The summed E-state index contributed by atoms with van der Waals surface area (Å²) >= 11 is 6.44. The van der Waals surface area contributed by atoms with Crippen molar-refractivity contribution in [1.82, 2.24) is 25.0 Å². The van der Waals surface area contributed by atoms with Gasteiger partial charge in [0.2, 0.25) is 6.79 Å². The standard InChI is InChI=1S/C23H22ClF2N5O3/c1-13(27-23(32)16-9-15(25)2-3-18(16)26)22-29-28-21-4-5-30(6-7-31(21)22)11-14-8-19-20(10-17(14)24)34-12-33-19/h2-3,8-10,13H,4-7,11-12H2,1H3,(H,27,32)/t13-/m0/s1. The Balaban J connectivity index is 1.27. The van der Waals surface area contributed by atoms with Gasteiger partial charge in [-0.3, -0.25) is 9.69 Å². The zero-order valence-electron chi connectivity index (χ0n) is 18.4. The number of ether oxygens (including phenoxy) is 2. The maximum absolute atomic E-state index is 14.0. The number of nitrogens with one attached hydrogen (secondary N) is 1. The smallest absolute Gasteiger partial charge is 0.254 e. The molecule has 5 rings (SSSR count). The van der Waals surface area contributed by atoms with Gasteiger partial charge in [0.15, 0.2) is 17.3 Å². The average molecular weight is 490 g/mol. The summed E-state index contributed by atoms with van der Waals surface area (Å²) in [7, 11) is 0. The number of halogens is 3. The molecule has 0 aliphatic carbocycles. The molecule has 0 saturated carbocycles. The first-order valence-corrected chi connectivity index (χ1v) is 11.2. The second-order valence-corrected chi connectivity index (χ2v) is 8.68. The highest BCUT2D eigenvalue weighted by molar-refractivity contribution is 6.31. The van der Waals surface area contributed by atoms with E-state index in [0.29, 0.717) is 48.4 Å². The van der Waals surface area contributed by atoms with Crippen molar-refractivity contribution in [2.45, 2.75) is 32.5 Å². The summed E-state index contributed by atoms with van der Waals surface area (Å²) in [4.78, 5) is 14.8. The fourth-order valence-electron chi connectivity index (χ4n) is 4.20. The van der Waals surface area contributed by atoms with Crippen LogP contribution in [0.3, 0.4) is 0 Å². The van der Waals surface area contributed by atoms with Crippen LogP contribution < -0.4 is 14.8 Å². The number of hydrogen-bond donors (Lipinski definition) is 1. The molecule has 1 atom stereocenters. The van der Waals surface area contributed by atoms with Gasteiger partial charge in [-0.1, -0.05) is 11.6 Å². The molecular weight excluding hydrogens is 468 g/mol. The minimum atomic E-state index is -0.788. The second kappa shape index (κ2) is 9.19. The topological polar surface area (TPSA) is 81.5 Å². The Bertz CT molecular complexity index is 1250. The molecule has 0 unspecified atom stereocenters. The van der Waals surface area contributed by atoms with Crippen LogP contribution in [-0.4, -0.2) is 45.5 Å². The predicted octanol–water partition coefficient (Wildman–Crippen LogP) is 3.49. The molecule has 0 radical (unpaired) electrons. The van der Waals surface area contributed by atoms with Crippen LogP contribution in [0.5, 0.6) is 11.5 Å². The van der Waals surface area contributed by atoms with Gasteiger partial charge >= 0.3 is 0 Å². The summed E-state index contributed by atoms with van der Waals surface area (Å²) in [5.41, 5.74) is 0.593. The minimum Gasteiger partial charge on any atom is -0.454 e. The van der Waals surface area contributed by atoms with Crippen molar-refractivity contribution >= 4 is 17.5 Å². The Hall–Kier alpha value is -3.24. The van der Waals surface area contributed by atoms with Gasteiger partial charge in [0.1, 0.15) is 17.5 Å². The Morgan fingerprint density at radius 2 is 1.94 bits per heavy atom. The Morgan fingerprint density at radius 3 is 2.76 bits per heavy atom. The molecule has 2 aromatic carbocycles. The second-order valence-electron chi connectivity index (χ2n) is 8.27. The Labute approximate surface area is 199 Å². The molecule has 11 heteroatoms. The summed E-state index contributed by atoms with van der Waals surface area (Å²) < 4.78 is 40.2. The number of aromatic nitrogens is 3. The van der Waals surface area contributed by atoms with Gasteiger partial charge in [0, 0.05) is 43.7 Å². The minimum absolute atomic E-state index is 0.191. The summed E-state index contributed by atoms with van der Waals surface area (Å²) in [6.45, 7) is 4.63. The summed E-state index contributed by atoms with van der Waals surface area (Å²) in [6, 6.07) is 5.91. The van der Waals surface area contributed by atoms with Crippen LogP contribution in [0.4, 0.5) is 8.78 Å². The highest BCUT2D eigenvalue weighted by Gasteiger charge is 2.25. The van der Waals surface area contributed by atoms with Crippen molar-refractivity contribution in [3.05, 3.63) is 69.8 Å². The maximum atomic E-state index is 14.0. The van der Waals surface area contributed by atoms with Crippen molar-refractivity contribution in [2.75, 3.05) is 19.9 Å². The molecular formula is C23H22ClF2N5O3. The van der Waals surface area contributed by atoms with Crippen molar-refractivity contribution in [1.29, 1.82) is 0 Å². The van der Waals surface area contributed by atoms with Crippen LogP contribution in [-0.2, 0) is 19.5 Å². The Morgan fingerprint density at radius 1 is 1.15 bits per heavy atom. The van der Waals surface area contributed by atoms with Gasteiger partial charge < -0.3 is 19.4 Å². The summed E-state index contributed by atoms with van der Waals surface area (Å²) in [5.74, 6) is 0.509. The quantitative estimate of drug-likeness (QED) is 0.591. The number of benzene rings is 2. The van der Waals surface area contributed by atoms with Gasteiger partial charge in [-0.05, 0) is 36.8 Å². The molecule has 34 heavy (non-hydrogen) atoms. The Kier molecular flexibility index (Phi) is 6.09. The fourth-order valence-corrected chi connectivity index (χ4v) is 4.41. The lowest BCUT2D eigenvalue weighted by Crippen LogP contribution is -2.30. The first-order chi connectivity index (χ1) is 16.4. The van der Waals surface area contributed by atoms with Gasteiger partial charge in [-0.2, -0.15) is 0 Å². The van der Waals surface area contributed by atoms with Crippen molar-refractivity contribution in [3.63, 3.8) is 0 Å². The van der Waals surface area contributed by atoms with E-state index in [1.807, 2.05) is 10.6 Å². The van der Waals surface area contributed by atoms with E-state index in [0.717, 1.165) is 36.1 Å². The van der Waals surface area contributed by atoms with E-state index in [9.17, 15) is 13.6 Å². The first-order valence-electron chi connectivity index (χ1n) is 10.9. The largest absolute Gasteiger partial charge is 0.454 e. The van der Waals surface area contributed by atoms with Gasteiger partial charge in [-0.15, -0.1) is 10.2 Å². The lowest BCUT2D eigenvalue weighted by molar-refractivity contribution is 0.0932. The molecule has 0 saturated heterocycles. The van der Waals surface area contributed by atoms with E-state index in [-0.39, 0.29) is 12.4 Å². The third-order valence-electron chi connectivity index (χ3n) is 5.99. The van der Waals surface area contributed by atoms with E-state index in [1.54, 1.807) is 13.0 Å². The van der Waals surface area contributed by atoms with Crippen molar-refractivity contribution in [2.24, 2.45) is 0 Å².